The monoisotopic (exact) mass is 354 g/mol. The zero-order chi connectivity index (χ0) is 17.6. The zero-order valence-electron chi connectivity index (χ0n) is 13.7. The number of nitrogens with two attached hydrogens (primary N) is 1. The molecule has 0 aliphatic carbocycles. The molecule has 0 spiro atoms. The number of amides is 1. The van der Waals surface area contributed by atoms with Crippen LogP contribution in [0.3, 0.4) is 0 Å². The van der Waals surface area contributed by atoms with E-state index in [4.69, 9.17) is 10.5 Å². The molecule has 0 aliphatic heterocycles. The first kappa shape index (κ1) is 16.9. The molecular weight excluding hydrogens is 336 g/mol. The van der Waals surface area contributed by atoms with E-state index in [-0.39, 0.29) is 12.3 Å². The fourth-order valence-corrected chi connectivity index (χ4v) is 3.12. The van der Waals surface area contributed by atoms with Crippen LogP contribution in [-0.2, 0) is 11.2 Å². The molecule has 0 saturated heterocycles. The molecule has 1 aromatic heterocycles. The van der Waals surface area contributed by atoms with Gasteiger partial charge in [-0.3, -0.25) is 4.79 Å². The van der Waals surface area contributed by atoms with Crippen LogP contribution in [-0.4, -0.2) is 23.7 Å². The van der Waals surface area contributed by atoms with Gasteiger partial charge in [0, 0.05) is 0 Å². The zero-order valence-corrected chi connectivity index (χ0v) is 14.5. The first-order valence-electron chi connectivity index (χ1n) is 7.84. The summed E-state index contributed by atoms with van der Waals surface area (Å²) in [6, 6.07) is 13.2. The van der Waals surface area contributed by atoms with E-state index in [1.807, 2.05) is 49.4 Å². The lowest BCUT2D eigenvalue weighted by molar-refractivity contribution is -0.120. The average Bonchev–Trinajstić information content (AvgIpc) is 2.96. The molecular formula is C18H18N4O2S. The lowest BCUT2D eigenvalue weighted by Crippen LogP contribution is -2.19. The molecule has 25 heavy (non-hydrogen) atoms. The van der Waals surface area contributed by atoms with Crippen molar-refractivity contribution < 1.29 is 9.53 Å². The van der Waals surface area contributed by atoms with Gasteiger partial charge in [-0.2, -0.15) is 5.10 Å². The van der Waals surface area contributed by atoms with E-state index in [0.717, 1.165) is 27.1 Å². The van der Waals surface area contributed by atoms with Gasteiger partial charge in [0.15, 0.2) is 5.13 Å². The quantitative estimate of drug-likeness (QED) is 0.526. The Morgan fingerprint density at radius 1 is 1.32 bits per heavy atom. The number of aromatic nitrogens is 1. The summed E-state index contributed by atoms with van der Waals surface area (Å²) in [4.78, 5) is 16.2. The summed E-state index contributed by atoms with van der Waals surface area (Å²) in [6.45, 7) is 2.57. The molecule has 0 unspecified atom stereocenters. The number of anilines is 1. The summed E-state index contributed by atoms with van der Waals surface area (Å²) < 4.78 is 6.35. The molecule has 3 N–H and O–H groups in total. The Bertz CT molecular complexity index is 903. The van der Waals surface area contributed by atoms with Crippen molar-refractivity contribution in [1.82, 2.24) is 10.4 Å². The van der Waals surface area contributed by atoms with E-state index in [2.05, 4.69) is 15.5 Å². The number of rotatable bonds is 6. The number of carbonyl (C=O) groups is 1. The number of benzene rings is 2. The van der Waals surface area contributed by atoms with Crippen LogP contribution in [0.1, 0.15) is 18.1 Å². The molecule has 0 atom stereocenters. The molecule has 1 heterocycles. The van der Waals surface area contributed by atoms with Gasteiger partial charge in [0.1, 0.15) is 5.75 Å². The third kappa shape index (κ3) is 4.54. The molecule has 3 aromatic rings. The van der Waals surface area contributed by atoms with Crippen molar-refractivity contribution in [2.45, 2.75) is 13.3 Å². The summed E-state index contributed by atoms with van der Waals surface area (Å²) in [7, 11) is 0. The Morgan fingerprint density at radius 2 is 2.12 bits per heavy atom. The predicted octanol–water partition coefficient (Wildman–Crippen LogP) is 2.97. The largest absolute Gasteiger partial charge is 0.494 e. The molecule has 0 fully saturated rings. The Morgan fingerprint density at radius 3 is 2.88 bits per heavy atom. The van der Waals surface area contributed by atoms with Crippen molar-refractivity contribution in [1.29, 1.82) is 0 Å². The second-order valence-electron chi connectivity index (χ2n) is 5.33. The fraction of sp³-hybridized carbons (Fsp3) is 0.167. The minimum absolute atomic E-state index is 0.181. The number of carbonyl (C=O) groups excluding carboxylic acids is 1. The number of hydrazone groups is 1. The molecule has 3 rings (SSSR count). The Kier molecular flexibility index (Phi) is 5.25. The number of fused-ring (bicyclic) bond motifs is 1. The standard InChI is InChI=1S/C18H18N4O2S/c1-2-24-14-6-3-12(4-7-14)11-20-22-17(23)10-13-5-8-15-16(9-13)25-18(19)21-15/h3-9,11H,2,10H2,1H3,(H2,19,21)(H,22,23)/b20-11-. The average molecular weight is 354 g/mol. The smallest absolute Gasteiger partial charge is 0.244 e. The first-order valence-corrected chi connectivity index (χ1v) is 8.65. The van der Waals surface area contributed by atoms with E-state index in [1.165, 1.54) is 11.3 Å². The Labute approximate surface area is 149 Å². The Balaban J connectivity index is 1.56. The third-order valence-corrected chi connectivity index (χ3v) is 4.28. The van der Waals surface area contributed by atoms with Crippen molar-refractivity contribution in [2.24, 2.45) is 5.10 Å². The second kappa shape index (κ2) is 7.76. The van der Waals surface area contributed by atoms with Crippen LogP contribution in [0.5, 0.6) is 5.75 Å². The van der Waals surface area contributed by atoms with Gasteiger partial charge in [-0.15, -0.1) is 0 Å². The maximum Gasteiger partial charge on any atom is 0.244 e. The van der Waals surface area contributed by atoms with Gasteiger partial charge in [-0.25, -0.2) is 10.4 Å². The number of nitrogens with zero attached hydrogens (tertiary/aromatic N) is 2. The molecule has 128 valence electrons. The topological polar surface area (TPSA) is 89.6 Å². The summed E-state index contributed by atoms with van der Waals surface area (Å²) in [6.07, 6.45) is 1.84. The van der Waals surface area contributed by atoms with Gasteiger partial charge in [0.25, 0.3) is 0 Å². The highest BCUT2D eigenvalue weighted by molar-refractivity contribution is 7.22. The van der Waals surface area contributed by atoms with Crippen molar-refractivity contribution in [3.63, 3.8) is 0 Å². The van der Waals surface area contributed by atoms with Crippen LogP contribution in [0.15, 0.2) is 47.6 Å². The highest BCUT2D eigenvalue weighted by Crippen LogP contribution is 2.24. The van der Waals surface area contributed by atoms with Gasteiger partial charge in [0.05, 0.1) is 29.5 Å². The molecule has 0 aliphatic rings. The second-order valence-corrected chi connectivity index (χ2v) is 6.39. The van der Waals surface area contributed by atoms with Crippen LogP contribution in [0.2, 0.25) is 0 Å². The highest BCUT2D eigenvalue weighted by Gasteiger charge is 2.06. The van der Waals surface area contributed by atoms with E-state index in [1.54, 1.807) is 6.21 Å². The molecule has 0 radical (unpaired) electrons. The van der Waals surface area contributed by atoms with Crippen molar-refractivity contribution in [3.05, 3.63) is 53.6 Å². The van der Waals surface area contributed by atoms with Crippen LogP contribution >= 0.6 is 11.3 Å². The van der Waals surface area contributed by atoms with Crippen LogP contribution < -0.4 is 15.9 Å². The van der Waals surface area contributed by atoms with Gasteiger partial charge >= 0.3 is 0 Å². The van der Waals surface area contributed by atoms with E-state index in [9.17, 15) is 4.79 Å². The van der Waals surface area contributed by atoms with Crippen LogP contribution in [0, 0.1) is 0 Å². The summed E-state index contributed by atoms with van der Waals surface area (Å²) >= 11 is 1.41. The third-order valence-electron chi connectivity index (χ3n) is 3.43. The minimum atomic E-state index is -0.181. The van der Waals surface area contributed by atoms with Crippen LogP contribution in [0.4, 0.5) is 5.13 Å². The number of ether oxygens (including phenoxy) is 1. The summed E-state index contributed by atoms with van der Waals surface area (Å²) in [5.41, 5.74) is 10.8. The maximum absolute atomic E-state index is 12.0. The number of nitrogens with one attached hydrogen (secondary N) is 1. The minimum Gasteiger partial charge on any atom is -0.494 e. The molecule has 1 amide bonds. The van der Waals surface area contributed by atoms with Gasteiger partial charge in [0.2, 0.25) is 5.91 Å². The van der Waals surface area contributed by atoms with Crippen LogP contribution in [0.25, 0.3) is 10.2 Å². The van der Waals surface area contributed by atoms with Crippen molar-refractivity contribution in [2.75, 3.05) is 12.3 Å². The molecule has 2 aromatic carbocycles. The summed E-state index contributed by atoms with van der Waals surface area (Å²) in [5.74, 6) is 0.627. The molecule has 0 saturated carbocycles. The van der Waals surface area contributed by atoms with Gasteiger partial charge < -0.3 is 10.5 Å². The maximum atomic E-state index is 12.0. The summed E-state index contributed by atoms with van der Waals surface area (Å²) in [5, 5.41) is 4.51. The lowest BCUT2D eigenvalue weighted by Gasteiger charge is -2.02. The lowest BCUT2D eigenvalue weighted by atomic mass is 10.1. The van der Waals surface area contributed by atoms with Gasteiger partial charge in [-0.1, -0.05) is 17.4 Å². The number of hydrogen-bond acceptors (Lipinski definition) is 6. The first-order chi connectivity index (χ1) is 12.1. The normalized spacial score (nSPS) is 11.1. The highest BCUT2D eigenvalue weighted by atomic mass is 32.1. The number of hydrogen-bond donors (Lipinski definition) is 2. The van der Waals surface area contributed by atoms with Crippen molar-refractivity contribution in [3.8, 4) is 5.75 Å². The molecule has 0 bridgehead atoms. The molecule has 6 nitrogen and oxygen atoms in total. The van der Waals surface area contributed by atoms with E-state index < -0.39 is 0 Å². The van der Waals surface area contributed by atoms with E-state index >= 15 is 0 Å². The SMILES string of the molecule is CCOc1ccc(/C=N\NC(=O)Cc2ccc3nc(N)sc3c2)cc1. The predicted molar refractivity (Wildman–Crippen MR) is 101 cm³/mol. The van der Waals surface area contributed by atoms with E-state index in [0.29, 0.717) is 11.7 Å². The number of nitrogen functional groups attached to an aromatic ring is 1. The molecule has 7 heteroatoms. The fourth-order valence-electron chi connectivity index (χ4n) is 2.32. The Hall–Kier alpha value is -2.93. The van der Waals surface area contributed by atoms with Crippen molar-refractivity contribution >= 4 is 38.8 Å². The van der Waals surface area contributed by atoms with Gasteiger partial charge in [-0.05, 0) is 54.4 Å². The number of thiazole rings is 1.